The number of benzene rings is 1. The molecule has 0 fully saturated rings. The molecule has 1 aromatic carbocycles. The van der Waals surface area contributed by atoms with E-state index in [2.05, 4.69) is 18.6 Å². The maximum atomic E-state index is 10.3. The zero-order valence-corrected chi connectivity index (χ0v) is 11.1. The van der Waals surface area contributed by atoms with E-state index in [9.17, 15) is 10.1 Å². The van der Waals surface area contributed by atoms with E-state index in [4.69, 9.17) is 3.07 Å². The van der Waals surface area contributed by atoms with E-state index < -0.39 is 21.2 Å². The fourth-order valence-electron chi connectivity index (χ4n) is 0.742. The number of hydrogen-bond donors (Lipinski definition) is 0. The molecule has 0 amide bonds. The minimum atomic E-state index is -1.29. The Morgan fingerprint density at radius 2 is 2.00 bits per heavy atom. The monoisotopic (exact) mass is 407 g/mol. The summed E-state index contributed by atoms with van der Waals surface area (Å²) in [6.45, 7) is 0. The number of hydrogen-bond acceptors (Lipinski definition) is 3. The number of rotatable bonds is 3. The summed E-state index contributed by atoms with van der Waals surface area (Å²) >= 11 is 0.979. The topological polar surface area (TPSA) is 52.4 Å². The van der Waals surface area contributed by atoms with Crippen LogP contribution in [0, 0.1) is 10.1 Å². The molecular weight excluding hydrogens is 400 g/mol. The summed E-state index contributed by atoms with van der Waals surface area (Å²) in [5.41, 5.74) is 0.0947. The Morgan fingerprint density at radius 3 is 2.38 bits per heavy atom. The maximum absolute atomic E-state index is 10.3. The Kier molecular flexibility index (Phi) is 4.16. The predicted octanol–water partition coefficient (Wildman–Crippen LogP) is 3.37. The third kappa shape index (κ3) is 3.63. The van der Waals surface area contributed by atoms with Crippen LogP contribution in [0.1, 0.15) is 0 Å². The van der Waals surface area contributed by atoms with Gasteiger partial charge in [-0.25, -0.2) is 0 Å². The van der Waals surface area contributed by atoms with Crippen LogP contribution < -0.4 is 3.07 Å². The minimum absolute atomic E-state index is 0.0947. The normalized spacial score (nSPS) is 10.8. The van der Waals surface area contributed by atoms with Crippen LogP contribution in [0.25, 0.3) is 0 Å². The third-order valence-electron chi connectivity index (χ3n) is 1.24. The van der Waals surface area contributed by atoms with Crippen LogP contribution in [0.2, 0.25) is 0 Å². The molecule has 0 atom stereocenters. The zero-order chi connectivity index (χ0) is 9.84. The van der Waals surface area contributed by atoms with E-state index in [0.717, 1.165) is 0 Å². The van der Waals surface area contributed by atoms with Gasteiger partial charge in [0.1, 0.15) is 0 Å². The molecule has 4 nitrogen and oxygen atoms in total. The third-order valence-corrected chi connectivity index (χ3v) is 3.47. The Balaban J connectivity index is 2.75. The van der Waals surface area contributed by atoms with Gasteiger partial charge in [0, 0.05) is 0 Å². The molecule has 0 aromatic heterocycles. The van der Waals surface area contributed by atoms with E-state index in [1.165, 1.54) is 12.1 Å². The summed E-state index contributed by atoms with van der Waals surface area (Å²) in [5.74, 6) is 0.715. The van der Waals surface area contributed by atoms with Gasteiger partial charge < -0.3 is 0 Å². The summed E-state index contributed by atoms with van der Waals surface area (Å²) in [5, 5.41) is 10.3. The van der Waals surface area contributed by atoms with Crippen LogP contribution in [0.4, 0.5) is 5.69 Å². The van der Waals surface area contributed by atoms with Crippen molar-refractivity contribution < 1.29 is 7.99 Å². The number of non-ortho nitro benzene ring substituents is 1. The second-order valence-electron chi connectivity index (χ2n) is 2.18. The summed E-state index contributed by atoms with van der Waals surface area (Å²) in [4.78, 5) is 11.9. The summed E-state index contributed by atoms with van der Waals surface area (Å²) in [6.07, 6.45) is 0. The molecule has 1 aromatic rings. The molecule has 0 N–H and O–H groups in total. The van der Waals surface area contributed by atoms with E-state index in [0.29, 0.717) is 5.75 Å². The quantitative estimate of drug-likeness (QED) is 0.334. The molecule has 0 saturated heterocycles. The fraction of sp³-hybridized carbons (Fsp3) is 0.143. The van der Waals surface area contributed by atoms with Crippen molar-refractivity contribution >= 4 is 40.6 Å². The predicted molar refractivity (Wildman–Crippen MR) is 67.7 cm³/mol. The molecule has 0 aliphatic rings. The Bertz CT molecular complexity index is 299. The van der Waals surface area contributed by atoms with Crippen molar-refractivity contribution in [2.45, 2.75) is 0 Å². The summed E-state index contributed by atoms with van der Waals surface area (Å²) in [7, 11) is 0. The second-order valence-corrected chi connectivity index (χ2v) is 12.4. The molecule has 13 heavy (non-hydrogen) atoms. The molecule has 1 rings (SSSR count). The number of nitro benzene ring substituents is 1. The summed E-state index contributed by atoms with van der Waals surface area (Å²) in [6, 6.07) is 6.16. The van der Waals surface area contributed by atoms with Gasteiger partial charge in [-0.05, 0) is 0 Å². The number of halogens is 2. The van der Waals surface area contributed by atoms with E-state index in [-0.39, 0.29) is 5.69 Å². The van der Waals surface area contributed by atoms with Crippen LogP contribution in [-0.2, 0) is 0 Å². The van der Waals surface area contributed by atoms with Crippen molar-refractivity contribution in [2.75, 3.05) is 4.93 Å². The van der Waals surface area contributed by atoms with Crippen molar-refractivity contribution in [1.29, 1.82) is 0 Å². The van der Waals surface area contributed by atoms with Gasteiger partial charge in [0.2, 0.25) is 0 Å². The Morgan fingerprint density at radius 1 is 1.46 bits per heavy atom. The van der Waals surface area contributed by atoms with Gasteiger partial charge in [-0.1, -0.05) is 0 Å². The molecule has 0 radical (unpaired) electrons. The van der Waals surface area contributed by atoms with Crippen LogP contribution in [-0.4, -0.2) is 9.85 Å². The molecule has 72 valence electrons. The van der Waals surface area contributed by atoms with Gasteiger partial charge in [-0.15, -0.1) is 0 Å². The van der Waals surface area contributed by atoms with Crippen LogP contribution in [0.5, 0.6) is 5.75 Å². The standard InChI is InChI=1S/C7H7I2NO3/c1-9(8)13-7-4-2-6(3-5-7)10(11)12/h2-5H,1H3. The van der Waals surface area contributed by atoms with Crippen molar-refractivity contribution in [3.63, 3.8) is 0 Å². The van der Waals surface area contributed by atoms with Crippen molar-refractivity contribution in [2.24, 2.45) is 0 Å². The van der Waals surface area contributed by atoms with E-state index in [1.807, 2.05) is 4.93 Å². The Labute approximate surface area is 92.9 Å². The van der Waals surface area contributed by atoms with Crippen molar-refractivity contribution in [3.8, 4) is 5.75 Å². The van der Waals surface area contributed by atoms with Crippen LogP contribution in [0.3, 0.4) is 0 Å². The van der Waals surface area contributed by atoms with Crippen LogP contribution >= 0.6 is 34.9 Å². The van der Waals surface area contributed by atoms with Gasteiger partial charge in [0.15, 0.2) is 0 Å². The van der Waals surface area contributed by atoms with Gasteiger partial charge in [-0.2, -0.15) is 0 Å². The zero-order valence-electron chi connectivity index (χ0n) is 6.74. The molecular formula is C7H7I2NO3. The van der Waals surface area contributed by atoms with Gasteiger partial charge in [0.05, 0.1) is 0 Å². The second kappa shape index (κ2) is 4.94. The summed E-state index contributed by atoms with van der Waals surface area (Å²) < 4.78 is 5.47. The molecule has 0 heterocycles. The molecule has 0 spiro atoms. The van der Waals surface area contributed by atoms with Gasteiger partial charge in [0.25, 0.3) is 0 Å². The van der Waals surface area contributed by atoms with Crippen molar-refractivity contribution in [3.05, 3.63) is 34.4 Å². The first-order chi connectivity index (χ1) is 6.09. The first-order valence-corrected chi connectivity index (χ1v) is 12.6. The Hall–Kier alpha value is -0.120. The molecule has 0 aliphatic heterocycles. The molecule has 0 unspecified atom stereocenters. The number of nitro groups is 1. The SMILES string of the molecule is CI(I)Oc1ccc([N+](=O)[O-])cc1. The average Bonchev–Trinajstić information content (AvgIpc) is 2.04. The van der Waals surface area contributed by atoms with E-state index in [1.54, 1.807) is 12.1 Å². The first-order valence-electron chi connectivity index (χ1n) is 3.29. The average molecular weight is 407 g/mol. The van der Waals surface area contributed by atoms with E-state index >= 15 is 0 Å². The fourth-order valence-corrected chi connectivity index (χ4v) is 3.03. The molecule has 0 bridgehead atoms. The number of alkyl halides is 1. The molecule has 0 saturated carbocycles. The van der Waals surface area contributed by atoms with Crippen molar-refractivity contribution in [1.82, 2.24) is 0 Å². The van der Waals surface area contributed by atoms with Gasteiger partial charge in [-0.3, -0.25) is 0 Å². The van der Waals surface area contributed by atoms with Gasteiger partial charge >= 0.3 is 93.6 Å². The molecule has 0 aliphatic carbocycles. The first kappa shape index (κ1) is 11.0. The van der Waals surface area contributed by atoms with Crippen LogP contribution in [0.15, 0.2) is 24.3 Å². The number of nitrogens with zero attached hydrogens (tertiary/aromatic N) is 1. The molecule has 6 heteroatoms.